The zero-order chi connectivity index (χ0) is 17.6. The third-order valence-electron chi connectivity index (χ3n) is 4.00. The number of nitrogens with zero attached hydrogens (tertiary/aromatic N) is 4. The van der Waals surface area contributed by atoms with Crippen LogP contribution >= 0.6 is 0 Å². The van der Waals surface area contributed by atoms with Crippen LogP contribution in [0.5, 0.6) is 0 Å². The molecule has 0 fully saturated rings. The highest BCUT2D eigenvalue weighted by Crippen LogP contribution is 2.28. The molecule has 6 nitrogen and oxygen atoms in total. The van der Waals surface area contributed by atoms with Gasteiger partial charge in [0, 0.05) is 14.2 Å². The van der Waals surface area contributed by atoms with Gasteiger partial charge >= 0.3 is 0 Å². The third-order valence-corrected chi connectivity index (χ3v) is 4.00. The Balaban J connectivity index is 5.65. The molecule has 0 N–H and O–H groups in total. The lowest BCUT2D eigenvalue weighted by atomic mass is 9.88. The van der Waals surface area contributed by atoms with Crippen LogP contribution in [0.3, 0.4) is 0 Å². The van der Waals surface area contributed by atoms with Crippen molar-refractivity contribution in [1.29, 1.82) is 10.5 Å². The molecule has 0 aliphatic carbocycles. The average molecular weight is 308 g/mol. The van der Waals surface area contributed by atoms with Crippen LogP contribution < -0.4 is 0 Å². The molecule has 124 valence electrons. The number of ether oxygens (including phenoxy) is 2. The summed E-state index contributed by atoms with van der Waals surface area (Å²) >= 11 is 0. The predicted molar refractivity (Wildman–Crippen MR) is 84.2 cm³/mol. The van der Waals surface area contributed by atoms with Crippen molar-refractivity contribution in [2.24, 2.45) is 22.1 Å². The van der Waals surface area contributed by atoms with Gasteiger partial charge < -0.3 is 9.47 Å². The van der Waals surface area contributed by atoms with E-state index in [0.717, 1.165) is 0 Å². The highest BCUT2D eigenvalue weighted by Gasteiger charge is 2.40. The standard InChI is InChI=1S/C16H28N4O2/c1-11(2)13(15(5,9-17)21-7)19-20-14(12(3)4)16(6,10-18)22-8/h11-14H,1-8H3. The number of nitriles is 2. The summed E-state index contributed by atoms with van der Waals surface area (Å²) in [5.74, 6) is 0.133. The number of hydrogen-bond acceptors (Lipinski definition) is 6. The van der Waals surface area contributed by atoms with E-state index in [1.807, 2.05) is 27.7 Å². The Labute approximate surface area is 134 Å². The zero-order valence-electron chi connectivity index (χ0n) is 14.9. The molecule has 4 unspecified atom stereocenters. The van der Waals surface area contributed by atoms with Gasteiger partial charge in [0.2, 0.25) is 0 Å². The Hall–Kier alpha value is -1.50. The molecular formula is C16H28N4O2. The van der Waals surface area contributed by atoms with Crippen LogP contribution in [-0.4, -0.2) is 37.5 Å². The molecule has 0 saturated heterocycles. The molecule has 4 atom stereocenters. The monoisotopic (exact) mass is 308 g/mol. The number of rotatable bonds is 8. The van der Waals surface area contributed by atoms with Crippen LogP contribution in [0.1, 0.15) is 41.5 Å². The topological polar surface area (TPSA) is 90.8 Å². The molecule has 6 heteroatoms. The van der Waals surface area contributed by atoms with E-state index in [-0.39, 0.29) is 11.8 Å². The molecule has 0 aromatic rings. The van der Waals surface area contributed by atoms with Crippen LogP contribution in [0.15, 0.2) is 10.2 Å². The summed E-state index contributed by atoms with van der Waals surface area (Å²) in [6, 6.07) is 3.46. The summed E-state index contributed by atoms with van der Waals surface area (Å²) < 4.78 is 10.7. The van der Waals surface area contributed by atoms with Gasteiger partial charge in [0.25, 0.3) is 0 Å². The Morgan fingerprint density at radius 2 is 1.05 bits per heavy atom. The van der Waals surface area contributed by atoms with Crippen LogP contribution in [0.2, 0.25) is 0 Å². The molecule has 0 aliphatic heterocycles. The van der Waals surface area contributed by atoms with E-state index in [0.29, 0.717) is 0 Å². The SMILES string of the molecule is COC(C)(C#N)C(N=NC(C(C)C)C(C)(C#N)OC)C(C)C. The highest BCUT2D eigenvalue weighted by atomic mass is 16.5. The van der Waals surface area contributed by atoms with Crippen molar-refractivity contribution in [2.45, 2.75) is 64.8 Å². The Morgan fingerprint density at radius 3 is 1.18 bits per heavy atom. The Kier molecular flexibility index (Phi) is 7.66. The molecule has 0 radical (unpaired) electrons. The molecule has 0 heterocycles. The van der Waals surface area contributed by atoms with Crippen molar-refractivity contribution in [3.63, 3.8) is 0 Å². The van der Waals surface area contributed by atoms with E-state index in [9.17, 15) is 10.5 Å². The largest absolute Gasteiger partial charge is 0.361 e. The molecule has 0 rings (SSSR count). The average Bonchev–Trinajstić information content (AvgIpc) is 2.49. The van der Waals surface area contributed by atoms with Gasteiger partial charge in [-0.15, -0.1) is 0 Å². The second kappa shape index (κ2) is 8.22. The molecule has 0 aliphatic rings. The molecule has 0 bridgehead atoms. The summed E-state index contributed by atoms with van der Waals surface area (Å²) in [4.78, 5) is 0. The minimum atomic E-state index is -1.06. The van der Waals surface area contributed by atoms with Crippen molar-refractivity contribution in [2.75, 3.05) is 14.2 Å². The summed E-state index contributed by atoms with van der Waals surface area (Å²) in [5, 5.41) is 27.5. The lowest BCUT2D eigenvalue weighted by molar-refractivity contribution is 0.00692. The summed E-state index contributed by atoms with van der Waals surface area (Å²) in [6.07, 6.45) is 0. The number of methoxy groups -OCH3 is 2. The molecule has 0 aromatic carbocycles. The summed E-state index contributed by atoms with van der Waals surface area (Å²) in [5.41, 5.74) is -2.12. The van der Waals surface area contributed by atoms with Crippen molar-refractivity contribution < 1.29 is 9.47 Å². The highest BCUT2D eigenvalue weighted by molar-refractivity contribution is 5.09. The quantitative estimate of drug-likeness (QED) is 0.643. The van der Waals surface area contributed by atoms with Gasteiger partial charge in [-0.2, -0.15) is 20.8 Å². The zero-order valence-corrected chi connectivity index (χ0v) is 14.9. The molecule has 0 saturated carbocycles. The smallest absolute Gasteiger partial charge is 0.175 e. The first-order chi connectivity index (χ1) is 10.1. The van der Waals surface area contributed by atoms with Crippen LogP contribution in [0, 0.1) is 34.5 Å². The lowest BCUT2D eigenvalue weighted by Crippen LogP contribution is -2.44. The van der Waals surface area contributed by atoms with Gasteiger partial charge in [-0.05, 0) is 25.7 Å². The van der Waals surface area contributed by atoms with Crippen molar-refractivity contribution in [3.05, 3.63) is 0 Å². The van der Waals surface area contributed by atoms with Crippen LogP contribution in [0.25, 0.3) is 0 Å². The van der Waals surface area contributed by atoms with Crippen molar-refractivity contribution in [1.82, 2.24) is 0 Å². The number of hydrogen-bond donors (Lipinski definition) is 0. The maximum absolute atomic E-state index is 9.38. The van der Waals surface area contributed by atoms with E-state index in [4.69, 9.17) is 9.47 Å². The van der Waals surface area contributed by atoms with Gasteiger partial charge in [-0.25, -0.2) is 0 Å². The fourth-order valence-electron chi connectivity index (χ4n) is 2.37. The van der Waals surface area contributed by atoms with E-state index < -0.39 is 23.3 Å². The minimum absolute atomic E-state index is 0.0667. The van der Waals surface area contributed by atoms with Crippen LogP contribution in [-0.2, 0) is 9.47 Å². The molecule has 0 aromatic heterocycles. The van der Waals surface area contributed by atoms with E-state index in [1.54, 1.807) is 13.8 Å². The van der Waals surface area contributed by atoms with E-state index in [1.165, 1.54) is 14.2 Å². The minimum Gasteiger partial charge on any atom is -0.361 e. The molecule has 0 amide bonds. The molecule has 22 heavy (non-hydrogen) atoms. The van der Waals surface area contributed by atoms with Crippen molar-refractivity contribution >= 4 is 0 Å². The summed E-state index contributed by atoms with van der Waals surface area (Å²) in [6.45, 7) is 11.2. The van der Waals surface area contributed by atoms with Gasteiger partial charge in [0.15, 0.2) is 11.2 Å². The molecular weight excluding hydrogens is 280 g/mol. The maximum atomic E-state index is 9.38. The summed E-state index contributed by atoms with van der Waals surface area (Å²) in [7, 11) is 2.98. The first kappa shape index (κ1) is 20.5. The first-order valence-electron chi connectivity index (χ1n) is 7.44. The van der Waals surface area contributed by atoms with E-state index >= 15 is 0 Å². The maximum Gasteiger partial charge on any atom is 0.175 e. The fraction of sp³-hybridized carbons (Fsp3) is 0.875. The van der Waals surface area contributed by atoms with Crippen molar-refractivity contribution in [3.8, 4) is 12.1 Å². The lowest BCUT2D eigenvalue weighted by Gasteiger charge is -2.32. The van der Waals surface area contributed by atoms with Gasteiger partial charge in [0.1, 0.15) is 12.1 Å². The van der Waals surface area contributed by atoms with Gasteiger partial charge in [-0.1, -0.05) is 27.7 Å². The second-order valence-corrected chi connectivity index (χ2v) is 6.45. The van der Waals surface area contributed by atoms with Gasteiger partial charge in [0.05, 0.1) is 12.1 Å². The predicted octanol–water partition coefficient (Wildman–Crippen LogP) is 3.35. The Bertz CT molecular complexity index is 422. The van der Waals surface area contributed by atoms with Crippen LogP contribution in [0.4, 0.5) is 0 Å². The Morgan fingerprint density at radius 1 is 0.773 bits per heavy atom. The normalized spacial score (nSPS) is 20.2. The third kappa shape index (κ3) is 4.50. The van der Waals surface area contributed by atoms with E-state index in [2.05, 4.69) is 22.4 Å². The van der Waals surface area contributed by atoms with Gasteiger partial charge in [-0.3, -0.25) is 0 Å². The number of azo groups is 1. The first-order valence-corrected chi connectivity index (χ1v) is 7.44. The molecule has 0 spiro atoms. The second-order valence-electron chi connectivity index (χ2n) is 6.45. The fourth-order valence-corrected chi connectivity index (χ4v) is 2.37.